The van der Waals surface area contributed by atoms with Crippen molar-refractivity contribution in [3.63, 3.8) is 0 Å². The lowest BCUT2D eigenvalue weighted by Gasteiger charge is -1.94. The van der Waals surface area contributed by atoms with Gasteiger partial charge in [0.25, 0.3) is 0 Å². The van der Waals surface area contributed by atoms with E-state index in [9.17, 15) is 51.8 Å². The van der Waals surface area contributed by atoms with Gasteiger partial charge >= 0.3 is 21.8 Å². The van der Waals surface area contributed by atoms with Crippen LogP contribution in [-0.4, -0.2) is 21.8 Å². The van der Waals surface area contributed by atoms with Crippen molar-refractivity contribution in [1.82, 2.24) is 0 Å². The van der Waals surface area contributed by atoms with Gasteiger partial charge in [0.05, 0.1) is 6.07 Å². The van der Waals surface area contributed by atoms with E-state index in [4.69, 9.17) is 5.26 Å². The van der Waals surface area contributed by atoms with E-state index < -0.39 is 21.8 Å². The lowest BCUT2D eigenvalue weighted by atomic mass is 10.3. The Morgan fingerprint density at radius 3 is 0.952 bits per heavy atom. The van der Waals surface area contributed by atoms with E-state index in [0.29, 0.717) is 6.42 Å². The van der Waals surface area contributed by atoms with Crippen LogP contribution in [0.2, 0.25) is 0 Å². The van der Waals surface area contributed by atoms with Gasteiger partial charge in [0, 0.05) is 6.42 Å². The molecule has 0 fully saturated rings. The van der Waals surface area contributed by atoms with Crippen LogP contribution in [0.5, 0.6) is 0 Å². The second-order valence-corrected chi connectivity index (χ2v) is 2.47. The molecule has 0 aromatic rings. The zero-order valence-corrected chi connectivity index (χ0v) is 9.91. The monoisotopic (exact) mass is 342 g/mol. The van der Waals surface area contributed by atoms with Crippen LogP contribution in [0.4, 0.5) is 51.8 Å². The summed E-state index contributed by atoms with van der Waals surface area (Å²) in [5.74, 6) is 0. The second-order valence-electron chi connectivity index (χ2n) is 2.47. The first-order valence-electron chi connectivity index (χ1n) is 4.51. The minimum Gasteiger partial charge on any atom is -0.418 e. The van der Waals surface area contributed by atoms with Crippen LogP contribution in [0.1, 0.15) is 12.8 Å². The maximum absolute atomic E-state index is 9.75. The molecule has 0 unspecified atom stereocenters. The highest BCUT2D eigenvalue weighted by molar-refractivity contribution is 6.50. The van der Waals surface area contributed by atoms with E-state index in [1.165, 1.54) is 0 Å². The summed E-state index contributed by atoms with van der Waals surface area (Å²) in [7, 11) is -18.0. The summed E-state index contributed by atoms with van der Waals surface area (Å²) in [5, 5.41) is 7.90. The van der Waals surface area contributed by atoms with Gasteiger partial charge in [0.15, 0.2) is 0 Å². The predicted molar refractivity (Wildman–Crippen MR) is 55.6 cm³/mol. The Bertz CT molecular complexity index is 228. The topological polar surface area (TPSA) is 23.8 Å². The maximum atomic E-state index is 9.75. The molecule has 0 aliphatic carbocycles. The molecule has 0 atom stereocenters. The molecule has 0 aromatic carbocycles. The van der Waals surface area contributed by atoms with Crippen LogP contribution < -0.4 is 0 Å². The van der Waals surface area contributed by atoms with E-state index in [2.05, 4.69) is 6.58 Å². The molecule has 1 nitrogen and oxygen atoms in total. The standard InChI is InChI=1S/C5H7N.3BF4/c1-2-3-4-5-6;3*2-1(3,4)5/h2H,1,3-4H2;;;/q;3*-1. The van der Waals surface area contributed by atoms with Crippen LogP contribution in [0, 0.1) is 11.3 Å². The first-order chi connectivity index (χ1) is 8.91. The number of allylic oxidation sites excluding steroid dienone is 1. The third-order valence-corrected chi connectivity index (χ3v) is 0.460. The Hall–Kier alpha value is -1.42. The molecule has 0 spiro atoms. The van der Waals surface area contributed by atoms with Crippen molar-refractivity contribution in [2.75, 3.05) is 0 Å². The van der Waals surface area contributed by atoms with Crippen molar-refractivity contribution in [1.29, 1.82) is 5.26 Å². The minimum absolute atomic E-state index is 0.601. The highest BCUT2D eigenvalue weighted by atomic mass is 19.5. The third kappa shape index (κ3) is 2040. The molecule has 0 saturated carbocycles. The predicted octanol–water partition coefficient (Wildman–Crippen LogP) is 5.38. The number of hydrogen-bond donors (Lipinski definition) is 0. The van der Waals surface area contributed by atoms with Crippen molar-refractivity contribution in [2.24, 2.45) is 0 Å². The highest BCUT2D eigenvalue weighted by Crippen LogP contribution is 2.07. The van der Waals surface area contributed by atoms with Gasteiger partial charge in [-0.2, -0.15) is 5.26 Å². The molecule has 0 N–H and O–H groups in total. The van der Waals surface area contributed by atoms with Gasteiger partial charge in [-0.1, -0.05) is 6.08 Å². The highest BCUT2D eigenvalue weighted by Gasteiger charge is 2.21. The van der Waals surface area contributed by atoms with Gasteiger partial charge in [-0.3, -0.25) is 0 Å². The fraction of sp³-hybridized carbons (Fsp3) is 0.400. The zero-order valence-electron chi connectivity index (χ0n) is 9.91. The van der Waals surface area contributed by atoms with E-state index >= 15 is 0 Å². The van der Waals surface area contributed by atoms with Gasteiger partial charge in [0.1, 0.15) is 0 Å². The van der Waals surface area contributed by atoms with Crippen LogP contribution in [-0.2, 0) is 0 Å². The number of nitrogens with zero attached hydrogens (tertiary/aromatic N) is 1. The Morgan fingerprint density at radius 2 is 0.905 bits per heavy atom. The number of unbranched alkanes of at least 4 members (excludes halogenated alkanes) is 1. The molecule has 0 saturated heterocycles. The molecule has 0 amide bonds. The average Bonchev–Trinajstić information content (AvgIpc) is 2.06. The lowest BCUT2D eigenvalue weighted by molar-refractivity contribution is 0.366. The molecule has 0 rings (SSSR count). The molecule has 0 heterocycles. The fourth-order valence-corrected chi connectivity index (χ4v) is 0.167. The molecule has 16 heteroatoms. The molecule has 0 aliphatic rings. The summed E-state index contributed by atoms with van der Waals surface area (Å²) in [5.41, 5.74) is 0. The smallest absolute Gasteiger partial charge is 0.418 e. The molecular formula is C5H7B3F12N-3. The SMILES string of the molecule is C=CCCC#N.F[B-](F)(F)F.F[B-](F)(F)F.F[B-](F)(F)F. The molecule has 0 aromatic heterocycles. The summed E-state index contributed by atoms with van der Waals surface area (Å²) >= 11 is 0. The van der Waals surface area contributed by atoms with Crippen LogP contribution in [0.25, 0.3) is 0 Å². The van der Waals surface area contributed by atoms with Gasteiger partial charge in [-0.25, -0.2) is 0 Å². The van der Waals surface area contributed by atoms with Crippen LogP contribution in [0.15, 0.2) is 12.7 Å². The normalized spacial score (nSPS) is 10.4. The number of halogens is 12. The summed E-state index contributed by atoms with van der Waals surface area (Å²) in [6.07, 6.45) is 3.16. The van der Waals surface area contributed by atoms with E-state index in [1.807, 2.05) is 6.07 Å². The molecule has 0 aliphatic heterocycles. The van der Waals surface area contributed by atoms with E-state index in [0.717, 1.165) is 6.42 Å². The molecule has 0 radical (unpaired) electrons. The fourth-order valence-electron chi connectivity index (χ4n) is 0.167. The summed E-state index contributed by atoms with van der Waals surface area (Å²) in [6, 6.07) is 2.00. The van der Waals surface area contributed by atoms with Gasteiger partial charge < -0.3 is 51.8 Å². The first kappa shape index (κ1) is 27.9. The maximum Gasteiger partial charge on any atom is 0.673 e. The van der Waals surface area contributed by atoms with Gasteiger partial charge in [-0.15, -0.1) is 6.58 Å². The van der Waals surface area contributed by atoms with E-state index in [1.54, 1.807) is 6.08 Å². The molecule has 128 valence electrons. The van der Waals surface area contributed by atoms with Crippen molar-refractivity contribution in [3.8, 4) is 6.07 Å². The summed E-state index contributed by atoms with van der Waals surface area (Å²) in [6.45, 7) is 3.45. The Kier molecular flexibility index (Phi) is 18.0. The number of nitriles is 1. The zero-order chi connectivity index (χ0) is 18.3. The summed E-state index contributed by atoms with van der Waals surface area (Å²) < 4.78 is 117. The van der Waals surface area contributed by atoms with Crippen molar-refractivity contribution in [2.45, 2.75) is 12.8 Å². The average molecular weight is 342 g/mol. The molecular weight excluding hydrogens is 334 g/mol. The molecule has 21 heavy (non-hydrogen) atoms. The van der Waals surface area contributed by atoms with Crippen molar-refractivity contribution >= 4 is 21.8 Å². The Labute approximate surface area is 111 Å². The first-order valence-corrected chi connectivity index (χ1v) is 4.51. The number of hydrogen-bond acceptors (Lipinski definition) is 1. The minimum atomic E-state index is -6.00. The number of rotatable bonds is 2. The van der Waals surface area contributed by atoms with Crippen LogP contribution in [0.3, 0.4) is 0 Å². The van der Waals surface area contributed by atoms with Gasteiger partial charge in [-0.05, 0) is 6.42 Å². The molecule has 0 bridgehead atoms. The Morgan fingerprint density at radius 1 is 0.714 bits per heavy atom. The lowest BCUT2D eigenvalue weighted by Crippen LogP contribution is -2.02. The second kappa shape index (κ2) is 13.6. The van der Waals surface area contributed by atoms with Crippen LogP contribution >= 0.6 is 0 Å². The third-order valence-electron chi connectivity index (χ3n) is 0.460. The van der Waals surface area contributed by atoms with Crippen molar-refractivity contribution < 1.29 is 51.8 Å². The van der Waals surface area contributed by atoms with Gasteiger partial charge in [0.2, 0.25) is 0 Å². The van der Waals surface area contributed by atoms with Crippen molar-refractivity contribution in [3.05, 3.63) is 12.7 Å². The summed E-state index contributed by atoms with van der Waals surface area (Å²) in [4.78, 5) is 0. The quantitative estimate of drug-likeness (QED) is 0.286. The Balaban J connectivity index is -0.0000000921. The largest absolute Gasteiger partial charge is 0.673 e. The van der Waals surface area contributed by atoms with E-state index in [-0.39, 0.29) is 0 Å².